The molecule has 0 aliphatic heterocycles. The summed E-state index contributed by atoms with van der Waals surface area (Å²) in [6.07, 6.45) is 11.5. The van der Waals surface area contributed by atoms with Crippen LogP contribution in [0.15, 0.2) is 42.5 Å². The van der Waals surface area contributed by atoms with Gasteiger partial charge in [-0.3, -0.25) is 9.59 Å². The van der Waals surface area contributed by atoms with Gasteiger partial charge in [0.05, 0.1) is 0 Å². The van der Waals surface area contributed by atoms with Gasteiger partial charge in [-0.05, 0) is 35.1 Å². The average molecular weight is 511 g/mol. The molecular weight excluding hydrogens is 464 g/mol. The Morgan fingerprint density at radius 1 is 0.784 bits per heavy atom. The van der Waals surface area contributed by atoms with E-state index < -0.39 is 24.0 Å². The van der Waals surface area contributed by atoms with Gasteiger partial charge in [0, 0.05) is 12.8 Å². The van der Waals surface area contributed by atoms with E-state index in [1.807, 2.05) is 56.3 Å². The number of aliphatic carboxylic acids is 1. The maximum absolute atomic E-state index is 13.2. The molecule has 0 radical (unpaired) electrons. The quantitative estimate of drug-likeness (QED) is 0.202. The first-order chi connectivity index (χ1) is 17.8. The van der Waals surface area contributed by atoms with Crippen molar-refractivity contribution in [1.82, 2.24) is 10.6 Å². The van der Waals surface area contributed by atoms with Crippen molar-refractivity contribution >= 4 is 28.6 Å². The first-order valence-corrected chi connectivity index (χ1v) is 14.1. The normalized spacial score (nSPS) is 12.9. The van der Waals surface area contributed by atoms with E-state index in [1.54, 1.807) is 0 Å². The van der Waals surface area contributed by atoms with Crippen LogP contribution in [0.4, 0.5) is 0 Å². The molecule has 0 saturated carbocycles. The Bertz CT molecular complexity index is 983. The molecule has 204 valence electrons. The van der Waals surface area contributed by atoms with Crippen LogP contribution in [-0.2, 0) is 20.8 Å². The molecule has 0 spiro atoms. The number of nitrogens with one attached hydrogen (secondary N) is 2. The molecule has 37 heavy (non-hydrogen) atoms. The van der Waals surface area contributed by atoms with Gasteiger partial charge < -0.3 is 15.7 Å². The zero-order chi connectivity index (χ0) is 27.0. The molecular formula is C31H46N2O4. The molecule has 2 aromatic rings. The summed E-state index contributed by atoms with van der Waals surface area (Å²) in [5, 5.41) is 17.3. The molecule has 0 aromatic heterocycles. The first-order valence-electron chi connectivity index (χ1n) is 14.1. The third-order valence-corrected chi connectivity index (χ3v) is 6.78. The summed E-state index contributed by atoms with van der Waals surface area (Å²) >= 11 is 0. The van der Waals surface area contributed by atoms with E-state index in [9.17, 15) is 19.5 Å². The summed E-state index contributed by atoms with van der Waals surface area (Å²) in [7, 11) is 0. The number of hydrogen-bond donors (Lipinski definition) is 3. The number of carbonyl (C=O) groups is 3. The number of rotatable bonds is 18. The van der Waals surface area contributed by atoms with E-state index >= 15 is 0 Å². The van der Waals surface area contributed by atoms with Gasteiger partial charge in [0.2, 0.25) is 11.8 Å². The lowest BCUT2D eigenvalue weighted by atomic mass is 9.97. The number of carboxylic acids is 1. The van der Waals surface area contributed by atoms with E-state index in [2.05, 4.69) is 17.6 Å². The summed E-state index contributed by atoms with van der Waals surface area (Å²) < 4.78 is 0. The highest BCUT2D eigenvalue weighted by atomic mass is 16.4. The molecule has 3 N–H and O–H groups in total. The van der Waals surface area contributed by atoms with Crippen LogP contribution in [0, 0.1) is 5.92 Å². The maximum atomic E-state index is 13.2. The summed E-state index contributed by atoms with van der Waals surface area (Å²) in [5.74, 6) is -1.58. The Kier molecular flexibility index (Phi) is 13.8. The van der Waals surface area contributed by atoms with Gasteiger partial charge in [-0.15, -0.1) is 0 Å². The molecule has 0 saturated heterocycles. The van der Waals surface area contributed by atoms with Crippen molar-refractivity contribution in [2.45, 2.75) is 110 Å². The van der Waals surface area contributed by atoms with Crippen LogP contribution >= 0.6 is 0 Å². The Balaban J connectivity index is 2.00. The molecule has 0 heterocycles. The second-order valence-corrected chi connectivity index (χ2v) is 10.6. The van der Waals surface area contributed by atoms with Gasteiger partial charge >= 0.3 is 5.97 Å². The molecule has 0 fully saturated rings. The third-order valence-electron chi connectivity index (χ3n) is 6.78. The van der Waals surface area contributed by atoms with Crippen LogP contribution in [-0.4, -0.2) is 35.0 Å². The van der Waals surface area contributed by atoms with Gasteiger partial charge in [-0.1, -0.05) is 115 Å². The molecule has 0 bridgehead atoms. The minimum atomic E-state index is -1.06. The zero-order valence-corrected chi connectivity index (χ0v) is 22.9. The fourth-order valence-electron chi connectivity index (χ4n) is 4.73. The zero-order valence-electron chi connectivity index (χ0n) is 22.9. The highest BCUT2D eigenvalue weighted by molar-refractivity contribution is 5.92. The summed E-state index contributed by atoms with van der Waals surface area (Å²) in [6.45, 7) is 6.06. The number of hydrogen-bond acceptors (Lipinski definition) is 3. The van der Waals surface area contributed by atoms with E-state index in [4.69, 9.17) is 0 Å². The van der Waals surface area contributed by atoms with Crippen molar-refractivity contribution in [3.05, 3.63) is 48.0 Å². The first kappa shape index (κ1) is 30.3. The van der Waals surface area contributed by atoms with Crippen molar-refractivity contribution in [2.24, 2.45) is 5.92 Å². The van der Waals surface area contributed by atoms with Crippen LogP contribution < -0.4 is 10.6 Å². The van der Waals surface area contributed by atoms with Gasteiger partial charge in [-0.2, -0.15) is 0 Å². The van der Waals surface area contributed by atoms with Gasteiger partial charge in [0.1, 0.15) is 12.1 Å². The van der Waals surface area contributed by atoms with Crippen molar-refractivity contribution < 1.29 is 19.5 Å². The lowest BCUT2D eigenvalue weighted by Crippen LogP contribution is -2.52. The minimum Gasteiger partial charge on any atom is -0.480 e. The summed E-state index contributed by atoms with van der Waals surface area (Å²) in [5.41, 5.74) is 0.942. The second-order valence-electron chi connectivity index (χ2n) is 10.6. The van der Waals surface area contributed by atoms with Gasteiger partial charge in [-0.25, -0.2) is 4.79 Å². The van der Waals surface area contributed by atoms with E-state index in [0.29, 0.717) is 19.3 Å². The number of carboxylic acid groups (broad SMARTS) is 1. The number of benzene rings is 2. The monoisotopic (exact) mass is 510 g/mol. The van der Waals surface area contributed by atoms with Crippen molar-refractivity contribution in [1.29, 1.82) is 0 Å². The number of amides is 2. The van der Waals surface area contributed by atoms with Crippen LogP contribution in [0.2, 0.25) is 0 Å². The predicted molar refractivity (Wildman–Crippen MR) is 150 cm³/mol. The Labute approximate surface area is 222 Å². The molecule has 2 aromatic carbocycles. The van der Waals surface area contributed by atoms with E-state index in [0.717, 1.165) is 35.6 Å². The fraction of sp³-hybridized carbons (Fsp3) is 0.581. The highest BCUT2D eigenvalue weighted by Crippen LogP contribution is 2.20. The molecule has 2 amide bonds. The van der Waals surface area contributed by atoms with Crippen molar-refractivity contribution in [2.75, 3.05) is 0 Å². The molecule has 6 nitrogen and oxygen atoms in total. The Morgan fingerprint density at radius 2 is 1.41 bits per heavy atom. The molecule has 2 atom stereocenters. The molecule has 2 rings (SSSR count). The predicted octanol–water partition coefficient (Wildman–Crippen LogP) is 6.40. The fourth-order valence-corrected chi connectivity index (χ4v) is 4.73. The highest BCUT2D eigenvalue weighted by Gasteiger charge is 2.27. The van der Waals surface area contributed by atoms with Crippen LogP contribution in [0.1, 0.15) is 97.0 Å². The topological polar surface area (TPSA) is 95.5 Å². The van der Waals surface area contributed by atoms with Gasteiger partial charge in [0.25, 0.3) is 0 Å². The Morgan fingerprint density at radius 3 is 2.05 bits per heavy atom. The number of unbranched alkanes of at least 4 members (excludes halogenated alkanes) is 8. The minimum absolute atomic E-state index is 0.110. The van der Waals surface area contributed by atoms with Crippen LogP contribution in [0.5, 0.6) is 0 Å². The third kappa shape index (κ3) is 11.4. The summed E-state index contributed by atoms with van der Waals surface area (Å²) in [6, 6.07) is 12.0. The Hall–Kier alpha value is -2.89. The molecule has 0 aliphatic carbocycles. The SMILES string of the molecule is CCCCCCCCCCCC(=O)NC(Cc1cccc2ccccc12)C(=O)NC(CC(C)C)C(=O)O. The summed E-state index contributed by atoms with van der Waals surface area (Å²) in [4.78, 5) is 37.8. The molecule has 2 unspecified atom stereocenters. The van der Waals surface area contributed by atoms with Crippen molar-refractivity contribution in [3.63, 3.8) is 0 Å². The second kappa shape index (κ2) is 16.8. The van der Waals surface area contributed by atoms with Crippen LogP contribution in [0.3, 0.4) is 0 Å². The van der Waals surface area contributed by atoms with Crippen LogP contribution in [0.25, 0.3) is 10.8 Å². The number of fused-ring (bicyclic) bond motifs is 1. The lowest BCUT2D eigenvalue weighted by molar-refractivity contribution is -0.142. The average Bonchev–Trinajstić information content (AvgIpc) is 2.86. The van der Waals surface area contributed by atoms with Crippen molar-refractivity contribution in [3.8, 4) is 0 Å². The van der Waals surface area contributed by atoms with Gasteiger partial charge in [0.15, 0.2) is 0 Å². The molecule has 0 aliphatic rings. The number of carbonyl (C=O) groups excluding carboxylic acids is 2. The standard InChI is InChI=1S/C31H46N2O4/c1-4-5-6-7-8-9-10-11-12-20-29(34)32-27(30(35)33-28(31(36)37)21-23(2)3)22-25-18-15-17-24-16-13-14-19-26(24)25/h13-19,23,27-28H,4-12,20-22H2,1-3H3,(H,32,34)(H,33,35)(H,36,37). The largest absolute Gasteiger partial charge is 0.480 e. The van der Waals surface area contributed by atoms with E-state index in [1.165, 1.54) is 38.5 Å². The molecule has 6 heteroatoms. The van der Waals surface area contributed by atoms with E-state index in [-0.39, 0.29) is 11.8 Å². The maximum Gasteiger partial charge on any atom is 0.326 e. The smallest absolute Gasteiger partial charge is 0.326 e. The lowest BCUT2D eigenvalue weighted by Gasteiger charge is -2.23.